The van der Waals surface area contributed by atoms with Crippen LogP contribution in [0.4, 0.5) is 5.82 Å². The summed E-state index contributed by atoms with van der Waals surface area (Å²) in [6, 6.07) is 6.15. The van der Waals surface area contributed by atoms with E-state index >= 15 is 0 Å². The van der Waals surface area contributed by atoms with Crippen LogP contribution in [-0.2, 0) is 0 Å². The van der Waals surface area contributed by atoms with Crippen molar-refractivity contribution in [3.05, 3.63) is 23.6 Å². The monoisotopic (exact) mass is 221 g/mol. The lowest BCUT2D eigenvalue weighted by Crippen LogP contribution is -1.81. The van der Waals surface area contributed by atoms with E-state index in [4.69, 9.17) is 5.73 Å². The number of rotatable bonds is 1. The summed E-state index contributed by atoms with van der Waals surface area (Å²) >= 11 is 3.51. The van der Waals surface area contributed by atoms with Gasteiger partial charge in [-0.25, -0.2) is 0 Å². The molecule has 0 fully saturated rings. The molecule has 3 rings (SSSR count). The van der Waals surface area contributed by atoms with Crippen molar-refractivity contribution in [2.24, 2.45) is 0 Å². The molecule has 0 unspecified atom stereocenters. The first-order chi connectivity index (χ1) is 6.83. The highest BCUT2D eigenvalue weighted by Gasteiger charge is 2.06. The Labute approximate surface area is 88.2 Å². The number of anilines is 1. The second kappa shape index (κ2) is 2.83. The molecule has 0 bridgehead atoms. The minimum absolute atomic E-state index is 0.539. The molecule has 0 aliphatic heterocycles. The molecule has 3 aromatic heterocycles. The van der Waals surface area contributed by atoms with Gasteiger partial charge in [-0.1, -0.05) is 0 Å². The van der Waals surface area contributed by atoms with Crippen LogP contribution in [-0.4, -0.2) is 10.2 Å². The Morgan fingerprint density at radius 1 is 1.29 bits per heavy atom. The molecule has 0 aliphatic carbocycles. The Hall–Kier alpha value is -1.33. The van der Waals surface area contributed by atoms with Crippen LogP contribution in [0.3, 0.4) is 0 Å². The largest absolute Gasteiger partial charge is 0.382 e. The van der Waals surface area contributed by atoms with E-state index in [2.05, 4.69) is 27.7 Å². The minimum Gasteiger partial charge on any atom is -0.382 e. The average Bonchev–Trinajstić information content (AvgIpc) is 2.75. The van der Waals surface area contributed by atoms with Crippen molar-refractivity contribution in [2.75, 3.05) is 5.73 Å². The predicted octanol–water partition coefficient (Wildman–Crippen LogP) is 2.94. The second-order valence-corrected chi connectivity index (χ2v) is 5.00. The lowest BCUT2D eigenvalue weighted by atomic mass is 10.3. The zero-order valence-corrected chi connectivity index (χ0v) is 8.78. The fourth-order valence-electron chi connectivity index (χ4n) is 1.36. The van der Waals surface area contributed by atoms with Crippen molar-refractivity contribution in [2.45, 2.75) is 0 Å². The van der Waals surface area contributed by atoms with Gasteiger partial charge in [-0.2, -0.15) is 5.10 Å². The highest BCUT2D eigenvalue weighted by molar-refractivity contribution is 7.28. The Bertz CT molecular complexity index is 547. The minimum atomic E-state index is 0.539. The maximum atomic E-state index is 5.55. The summed E-state index contributed by atoms with van der Waals surface area (Å²) in [5.41, 5.74) is 6.55. The summed E-state index contributed by atoms with van der Waals surface area (Å²) in [5, 5.41) is 8.93. The topological polar surface area (TPSA) is 54.7 Å². The summed E-state index contributed by atoms with van der Waals surface area (Å²) in [7, 11) is 0. The Morgan fingerprint density at radius 2 is 2.21 bits per heavy atom. The molecule has 14 heavy (non-hydrogen) atoms. The Balaban J connectivity index is 2.18. The zero-order chi connectivity index (χ0) is 9.54. The van der Waals surface area contributed by atoms with E-state index in [0.29, 0.717) is 5.82 Å². The van der Waals surface area contributed by atoms with Crippen LogP contribution in [0.25, 0.3) is 20.0 Å². The van der Waals surface area contributed by atoms with Crippen LogP contribution in [0.1, 0.15) is 0 Å². The van der Waals surface area contributed by atoms with Crippen molar-refractivity contribution in [1.29, 1.82) is 0 Å². The second-order valence-electron chi connectivity index (χ2n) is 2.97. The van der Waals surface area contributed by atoms with E-state index < -0.39 is 0 Å². The standard InChI is InChI=1S/C9H7N3S2/c10-9-3-5(11-12-9)7-4-8-6(14-7)1-2-13-8/h1-4H,(H3,10,11,12). The summed E-state index contributed by atoms with van der Waals surface area (Å²) in [6.45, 7) is 0. The SMILES string of the molecule is Nc1cc(-c2cc3sccc3s2)[nH]n1. The number of thiophene rings is 2. The lowest BCUT2D eigenvalue weighted by molar-refractivity contribution is 1.11. The van der Waals surface area contributed by atoms with Crippen LogP contribution in [0.2, 0.25) is 0 Å². The summed E-state index contributed by atoms with van der Waals surface area (Å²) in [5.74, 6) is 0.539. The summed E-state index contributed by atoms with van der Waals surface area (Å²) in [6.07, 6.45) is 0. The summed E-state index contributed by atoms with van der Waals surface area (Å²) in [4.78, 5) is 1.19. The molecule has 0 saturated carbocycles. The van der Waals surface area contributed by atoms with Gasteiger partial charge in [-0.05, 0) is 17.5 Å². The van der Waals surface area contributed by atoms with E-state index in [-0.39, 0.29) is 0 Å². The molecular weight excluding hydrogens is 214 g/mol. The number of H-pyrrole nitrogens is 1. The molecule has 3 heterocycles. The van der Waals surface area contributed by atoms with Gasteiger partial charge in [0.1, 0.15) is 5.82 Å². The highest BCUT2D eigenvalue weighted by atomic mass is 32.1. The zero-order valence-electron chi connectivity index (χ0n) is 7.15. The van der Waals surface area contributed by atoms with Gasteiger partial charge in [0, 0.05) is 15.5 Å². The van der Waals surface area contributed by atoms with Crippen molar-refractivity contribution in [3.63, 3.8) is 0 Å². The maximum Gasteiger partial charge on any atom is 0.145 e. The first-order valence-corrected chi connectivity index (χ1v) is 5.81. The number of fused-ring (bicyclic) bond motifs is 1. The Morgan fingerprint density at radius 3 is 2.93 bits per heavy atom. The number of nitrogens with zero attached hydrogens (tertiary/aromatic N) is 1. The fraction of sp³-hybridized carbons (Fsp3) is 0. The third kappa shape index (κ3) is 1.13. The van der Waals surface area contributed by atoms with Crippen molar-refractivity contribution < 1.29 is 0 Å². The van der Waals surface area contributed by atoms with Gasteiger partial charge in [0.15, 0.2) is 0 Å². The number of aromatic amines is 1. The lowest BCUT2D eigenvalue weighted by Gasteiger charge is -1.86. The van der Waals surface area contributed by atoms with Gasteiger partial charge in [0.2, 0.25) is 0 Å². The molecule has 0 spiro atoms. The number of hydrogen-bond donors (Lipinski definition) is 2. The smallest absolute Gasteiger partial charge is 0.145 e. The third-order valence-electron chi connectivity index (χ3n) is 2.00. The fourth-order valence-corrected chi connectivity index (χ4v) is 3.44. The molecule has 0 saturated heterocycles. The molecule has 70 valence electrons. The van der Waals surface area contributed by atoms with Crippen LogP contribution in [0, 0.1) is 0 Å². The Kier molecular flexibility index (Phi) is 1.62. The molecule has 0 aliphatic rings. The molecule has 3 nitrogen and oxygen atoms in total. The van der Waals surface area contributed by atoms with Crippen molar-refractivity contribution >= 4 is 37.9 Å². The number of nitrogen functional groups attached to an aromatic ring is 1. The van der Waals surface area contributed by atoms with Crippen LogP contribution in [0.15, 0.2) is 23.6 Å². The van der Waals surface area contributed by atoms with E-state index in [1.165, 1.54) is 14.3 Å². The van der Waals surface area contributed by atoms with Crippen LogP contribution in [0.5, 0.6) is 0 Å². The molecule has 0 radical (unpaired) electrons. The normalized spacial score (nSPS) is 11.1. The first-order valence-electron chi connectivity index (χ1n) is 4.11. The average molecular weight is 221 g/mol. The first kappa shape index (κ1) is 8.02. The molecule has 5 heteroatoms. The maximum absolute atomic E-state index is 5.55. The van der Waals surface area contributed by atoms with Crippen LogP contribution >= 0.6 is 22.7 Å². The van der Waals surface area contributed by atoms with Gasteiger partial charge in [0.25, 0.3) is 0 Å². The number of hydrogen-bond acceptors (Lipinski definition) is 4. The highest BCUT2D eigenvalue weighted by Crippen LogP contribution is 2.35. The van der Waals surface area contributed by atoms with Gasteiger partial charge in [-0.3, -0.25) is 5.10 Å². The molecule has 3 N–H and O–H groups in total. The quantitative estimate of drug-likeness (QED) is 0.663. The van der Waals surface area contributed by atoms with Gasteiger partial charge < -0.3 is 5.73 Å². The number of nitrogens with one attached hydrogen (secondary N) is 1. The molecule has 0 aromatic carbocycles. The van der Waals surface area contributed by atoms with Crippen molar-refractivity contribution in [3.8, 4) is 10.6 Å². The summed E-state index contributed by atoms with van der Waals surface area (Å²) < 4.78 is 2.64. The van der Waals surface area contributed by atoms with E-state index in [0.717, 1.165) is 5.69 Å². The van der Waals surface area contributed by atoms with E-state index in [9.17, 15) is 0 Å². The third-order valence-corrected chi connectivity index (χ3v) is 4.13. The molecular formula is C9H7N3S2. The van der Waals surface area contributed by atoms with Crippen LogP contribution < -0.4 is 5.73 Å². The number of aromatic nitrogens is 2. The van der Waals surface area contributed by atoms with Gasteiger partial charge >= 0.3 is 0 Å². The van der Waals surface area contributed by atoms with E-state index in [1.807, 2.05) is 6.07 Å². The molecule has 0 amide bonds. The predicted molar refractivity (Wildman–Crippen MR) is 61.7 cm³/mol. The molecule has 3 aromatic rings. The van der Waals surface area contributed by atoms with Crippen molar-refractivity contribution in [1.82, 2.24) is 10.2 Å². The molecule has 0 atom stereocenters. The number of nitrogens with two attached hydrogens (primary N) is 1. The van der Waals surface area contributed by atoms with Gasteiger partial charge in [-0.15, -0.1) is 22.7 Å². The van der Waals surface area contributed by atoms with Gasteiger partial charge in [0.05, 0.1) is 10.6 Å². The van der Waals surface area contributed by atoms with E-state index in [1.54, 1.807) is 22.7 Å².